The number of carbonyl (C=O) groups excluding carboxylic acids is 2. The van der Waals surface area contributed by atoms with E-state index in [1.807, 2.05) is 0 Å². The molecule has 0 bridgehead atoms. The number of aryl methyl sites for hydroxylation is 1. The lowest BCUT2D eigenvalue weighted by molar-refractivity contribution is -0.120. The van der Waals surface area contributed by atoms with Crippen molar-refractivity contribution in [1.29, 1.82) is 0 Å². The number of benzene rings is 2. The molecule has 3 rings (SSSR count). The number of nitrogens with zero attached hydrogens (tertiary/aromatic N) is 2. The van der Waals surface area contributed by atoms with E-state index in [2.05, 4.69) is 51.6 Å². The van der Waals surface area contributed by atoms with Gasteiger partial charge in [0.15, 0.2) is 11.5 Å². The van der Waals surface area contributed by atoms with Crippen molar-refractivity contribution in [1.82, 2.24) is 15.5 Å². The number of hydrogen-bond donors (Lipinski definition) is 2. The predicted octanol–water partition coefficient (Wildman–Crippen LogP) is 2.08. The maximum absolute atomic E-state index is 12.5. The van der Waals surface area contributed by atoms with Gasteiger partial charge in [0.05, 0.1) is 27.9 Å². The molecule has 9 heteroatoms. The third-order valence-corrected chi connectivity index (χ3v) is 6.05. The fourth-order valence-electron chi connectivity index (χ4n) is 4.12. The Balaban J connectivity index is 1.35. The number of ether oxygens (including phenoxy) is 3. The summed E-state index contributed by atoms with van der Waals surface area (Å²) in [5.74, 6) is 0.532. The summed E-state index contributed by atoms with van der Waals surface area (Å²) < 4.78 is 15.8. The molecule has 0 atom stereocenters. The van der Waals surface area contributed by atoms with E-state index in [-0.39, 0.29) is 12.5 Å². The van der Waals surface area contributed by atoms with Crippen LogP contribution >= 0.6 is 0 Å². The van der Waals surface area contributed by atoms with Crippen molar-refractivity contribution in [2.24, 2.45) is 0 Å². The normalized spacial score (nSPS) is 13.8. The van der Waals surface area contributed by atoms with E-state index < -0.39 is 5.91 Å². The van der Waals surface area contributed by atoms with Gasteiger partial charge in [0, 0.05) is 44.0 Å². The molecule has 0 radical (unpaired) electrons. The molecule has 2 aromatic rings. The molecule has 1 aliphatic rings. The van der Waals surface area contributed by atoms with Gasteiger partial charge in [-0.2, -0.15) is 0 Å². The average Bonchev–Trinajstić information content (AvgIpc) is 2.89. The van der Waals surface area contributed by atoms with Crippen LogP contribution in [0.25, 0.3) is 0 Å². The van der Waals surface area contributed by atoms with Crippen molar-refractivity contribution in [3.8, 4) is 17.2 Å². The number of rotatable bonds is 11. The molecule has 2 aromatic carbocycles. The Labute approximate surface area is 207 Å². The maximum atomic E-state index is 12.5. The lowest BCUT2D eigenvalue weighted by Crippen LogP contribution is -2.47. The minimum Gasteiger partial charge on any atom is -0.493 e. The van der Waals surface area contributed by atoms with Gasteiger partial charge in [-0.1, -0.05) is 12.1 Å². The first-order valence-electron chi connectivity index (χ1n) is 11.8. The smallest absolute Gasteiger partial charge is 0.251 e. The van der Waals surface area contributed by atoms with Crippen molar-refractivity contribution >= 4 is 17.5 Å². The van der Waals surface area contributed by atoms with Crippen LogP contribution in [-0.4, -0.2) is 83.9 Å². The molecule has 190 valence electrons. The Morgan fingerprint density at radius 3 is 2.20 bits per heavy atom. The monoisotopic (exact) mass is 484 g/mol. The van der Waals surface area contributed by atoms with E-state index in [0.717, 1.165) is 39.1 Å². The number of piperazine rings is 1. The van der Waals surface area contributed by atoms with Crippen molar-refractivity contribution in [3.63, 3.8) is 0 Å². The fourth-order valence-corrected chi connectivity index (χ4v) is 4.12. The standard InChI is InChI=1S/C26H36N4O5/c1-19-7-5-8-21(15-19)30-13-11-29(12-14-30)10-6-9-27-24(31)18-28-26(32)20-16-22(33-2)25(35-4)23(17-20)34-3/h5,7-8,15-17H,6,9-14,18H2,1-4H3,(H,27,31)(H,28,32). The molecule has 0 spiro atoms. The number of anilines is 1. The minimum atomic E-state index is -0.397. The third kappa shape index (κ3) is 7.26. The van der Waals surface area contributed by atoms with Gasteiger partial charge < -0.3 is 29.7 Å². The van der Waals surface area contributed by atoms with E-state index in [0.29, 0.717) is 29.4 Å². The first-order valence-corrected chi connectivity index (χ1v) is 11.8. The zero-order chi connectivity index (χ0) is 25.2. The Hall–Kier alpha value is -3.46. The summed E-state index contributed by atoms with van der Waals surface area (Å²) in [4.78, 5) is 29.5. The highest BCUT2D eigenvalue weighted by atomic mass is 16.5. The number of methoxy groups -OCH3 is 3. The predicted molar refractivity (Wildman–Crippen MR) is 136 cm³/mol. The highest BCUT2D eigenvalue weighted by molar-refractivity contribution is 5.97. The van der Waals surface area contributed by atoms with Crippen LogP contribution < -0.4 is 29.7 Å². The van der Waals surface area contributed by atoms with Crippen molar-refractivity contribution < 1.29 is 23.8 Å². The molecule has 1 aliphatic heterocycles. The molecule has 0 aromatic heterocycles. The number of carbonyl (C=O) groups is 2. The third-order valence-electron chi connectivity index (χ3n) is 6.05. The van der Waals surface area contributed by atoms with Crippen molar-refractivity contribution in [2.45, 2.75) is 13.3 Å². The summed E-state index contributed by atoms with van der Waals surface area (Å²) in [6.45, 7) is 7.53. The second kappa shape index (κ2) is 12.9. The van der Waals surface area contributed by atoms with Gasteiger partial charge >= 0.3 is 0 Å². The quantitative estimate of drug-likeness (QED) is 0.472. The molecule has 1 saturated heterocycles. The molecule has 35 heavy (non-hydrogen) atoms. The van der Waals surface area contributed by atoms with Crippen LogP contribution in [0.5, 0.6) is 17.2 Å². The number of nitrogens with one attached hydrogen (secondary N) is 2. The van der Waals surface area contributed by atoms with Crippen LogP contribution in [0.1, 0.15) is 22.3 Å². The first kappa shape index (κ1) is 26.2. The second-order valence-corrected chi connectivity index (χ2v) is 8.47. The first-order chi connectivity index (χ1) is 16.9. The number of hydrogen-bond acceptors (Lipinski definition) is 7. The highest BCUT2D eigenvalue weighted by Gasteiger charge is 2.18. The SMILES string of the molecule is COc1cc(C(=O)NCC(=O)NCCCN2CCN(c3cccc(C)c3)CC2)cc(OC)c1OC. The van der Waals surface area contributed by atoms with Crippen molar-refractivity contribution in [3.05, 3.63) is 47.5 Å². The molecule has 0 unspecified atom stereocenters. The Morgan fingerprint density at radius 1 is 0.914 bits per heavy atom. The summed E-state index contributed by atoms with van der Waals surface area (Å²) in [6.07, 6.45) is 0.858. The Morgan fingerprint density at radius 2 is 1.60 bits per heavy atom. The summed E-state index contributed by atoms with van der Waals surface area (Å²) >= 11 is 0. The van der Waals surface area contributed by atoms with Gasteiger partial charge in [0.1, 0.15) is 0 Å². The van der Waals surface area contributed by atoms with Crippen molar-refractivity contribution in [2.75, 3.05) is 72.0 Å². The molecule has 2 N–H and O–H groups in total. The van der Waals surface area contributed by atoms with Gasteiger partial charge in [0.2, 0.25) is 11.7 Å². The lowest BCUT2D eigenvalue weighted by atomic mass is 10.1. The molecular weight excluding hydrogens is 448 g/mol. The largest absolute Gasteiger partial charge is 0.493 e. The lowest BCUT2D eigenvalue weighted by Gasteiger charge is -2.36. The van der Waals surface area contributed by atoms with Gasteiger partial charge in [-0.25, -0.2) is 0 Å². The fraction of sp³-hybridized carbons (Fsp3) is 0.462. The summed E-state index contributed by atoms with van der Waals surface area (Å²) in [6, 6.07) is 11.7. The van der Waals surface area contributed by atoms with E-state index in [1.54, 1.807) is 12.1 Å². The molecule has 9 nitrogen and oxygen atoms in total. The van der Waals surface area contributed by atoms with Gasteiger partial charge in [0.25, 0.3) is 5.91 Å². The Kier molecular flexibility index (Phi) is 9.60. The zero-order valence-electron chi connectivity index (χ0n) is 21.1. The van der Waals surface area contributed by atoms with Crippen LogP contribution in [0.2, 0.25) is 0 Å². The van der Waals surface area contributed by atoms with Crippen LogP contribution in [0.3, 0.4) is 0 Å². The van der Waals surface area contributed by atoms with Gasteiger partial charge in [-0.15, -0.1) is 0 Å². The van der Waals surface area contributed by atoms with E-state index in [1.165, 1.54) is 32.6 Å². The second-order valence-electron chi connectivity index (χ2n) is 8.47. The number of amides is 2. The average molecular weight is 485 g/mol. The molecule has 1 heterocycles. The van der Waals surface area contributed by atoms with E-state index in [4.69, 9.17) is 14.2 Å². The minimum absolute atomic E-state index is 0.106. The molecule has 0 aliphatic carbocycles. The molecule has 1 fully saturated rings. The van der Waals surface area contributed by atoms with Gasteiger partial charge in [-0.3, -0.25) is 14.5 Å². The summed E-state index contributed by atoms with van der Waals surface area (Å²) in [7, 11) is 4.46. The van der Waals surface area contributed by atoms with E-state index in [9.17, 15) is 9.59 Å². The van der Waals surface area contributed by atoms with Crippen LogP contribution in [0, 0.1) is 6.92 Å². The van der Waals surface area contributed by atoms with Crippen LogP contribution in [-0.2, 0) is 4.79 Å². The molecular formula is C26H36N4O5. The maximum Gasteiger partial charge on any atom is 0.251 e. The summed E-state index contributed by atoms with van der Waals surface area (Å²) in [5, 5.41) is 5.51. The molecule has 0 saturated carbocycles. The van der Waals surface area contributed by atoms with Gasteiger partial charge in [-0.05, 0) is 49.7 Å². The molecule has 2 amide bonds. The zero-order valence-corrected chi connectivity index (χ0v) is 21.1. The highest BCUT2D eigenvalue weighted by Crippen LogP contribution is 2.38. The van der Waals surface area contributed by atoms with Crippen LogP contribution in [0.15, 0.2) is 36.4 Å². The van der Waals surface area contributed by atoms with Crippen LogP contribution in [0.4, 0.5) is 5.69 Å². The van der Waals surface area contributed by atoms with E-state index >= 15 is 0 Å². The Bertz CT molecular complexity index is 980. The topological polar surface area (TPSA) is 92.4 Å². The summed E-state index contributed by atoms with van der Waals surface area (Å²) in [5.41, 5.74) is 2.88.